The fourth-order valence-electron chi connectivity index (χ4n) is 3.23. The number of sulfone groups is 1. The molecule has 0 aromatic carbocycles. The van der Waals surface area contributed by atoms with Gasteiger partial charge in [-0.05, 0) is 25.7 Å². The molecule has 0 saturated carbocycles. The molecular formula is C13H26N2O2S. The minimum Gasteiger partial charge on any atom is -0.311 e. The van der Waals surface area contributed by atoms with Crippen molar-refractivity contribution in [1.29, 1.82) is 0 Å². The van der Waals surface area contributed by atoms with E-state index in [-0.39, 0.29) is 6.04 Å². The minimum atomic E-state index is -2.77. The number of nitrogens with one attached hydrogen (secondary N) is 1. The normalized spacial score (nSPS) is 37.2. The molecule has 0 aliphatic carbocycles. The zero-order valence-electron chi connectivity index (χ0n) is 11.7. The van der Waals surface area contributed by atoms with Gasteiger partial charge < -0.3 is 5.32 Å². The van der Waals surface area contributed by atoms with Gasteiger partial charge in [-0.1, -0.05) is 13.8 Å². The summed E-state index contributed by atoms with van der Waals surface area (Å²) in [5.74, 6) is 1.43. The van der Waals surface area contributed by atoms with Gasteiger partial charge in [0.25, 0.3) is 0 Å². The van der Waals surface area contributed by atoms with Gasteiger partial charge in [0.15, 0.2) is 9.84 Å². The van der Waals surface area contributed by atoms with Crippen LogP contribution in [-0.4, -0.2) is 56.0 Å². The van der Waals surface area contributed by atoms with Crippen LogP contribution in [0.15, 0.2) is 0 Å². The van der Waals surface area contributed by atoms with Crippen molar-refractivity contribution in [3.05, 3.63) is 0 Å². The van der Waals surface area contributed by atoms with Crippen LogP contribution in [0.2, 0.25) is 0 Å². The second-order valence-electron chi connectivity index (χ2n) is 6.34. The Morgan fingerprint density at radius 3 is 2.67 bits per heavy atom. The average Bonchev–Trinajstić information content (AvgIpc) is 2.61. The predicted molar refractivity (Wildman–Crippen MR) is 74.5 cm³/mol. The van der Waals surface area contributed by atoms with Gasteiger partial charge in [0.2, 0.25) is 0 Å². The molecule has 2 rings (SSSR count). The first-order valence-electron chi connectivity index (χ1n) is 7.07. The molecule has 3 unspecified atom stereocenters. The van der Waals surface area contributed by atoms with Crippen LogP contribution in [0, 0.1) is 5.92 Å². The Kier molecular flexibility index (Phi) is 4.34. The van der Waals surface area contributed by atoms with Crippen LogP contribution < -0.4 is 5.32 Å². The highest BCUT2D eigenvalue weighted by Crippen LogP contribution is 2.23. The maximum absolute atomic E-state index is 11.6. The molecule has 0 aromatic rings. The van der Waals surface area contributed by atoms with Gasteiger partial charge >= 0.3 is 0 Å². The van der Waals surface area contributed by atoms with Gasteiger partial charge in [0, 0.05) is 31.2 Å². The van der Waals surface area contributed by atoms with E-state index in [4.69, 9.17) is 0 Å². The quantitative estimate of drug-likeness (QED) is 0.830. The lowest BCUT2D eigenvalue weighted by Gasteiger charge is -2.42. The van der Waals surface area contributed by atoms with Crippen LogP contribution in [-0.2, 0) is 9.84 Å². The highest BCUT2D eigenvalue weighted by Gasteiger charge is 2.37. The summed E-state index contributed by atoms with van der Waals surface area (Å²) in [5.41, 5.74) is 0. The molecule has 2 fully saturated rings. The zero-order valence-corrected chi connectivity index (χ0v) is 12.5. The highest BCUT2D eigenvalue weighted by atomic mass is 32.2. The third-order valence-corrected chi connectivity index (χ3v) is 5.88. The molecule has 0 amide bonds. The molecule has 1 N–H and O–H groups in total. The van der Waals surface area contributed by atoms with E-state index in [2.05, 4.69) is 31.0 Å². The van der Waals surface area contributed by atoms with Gasteiger partial charge in [0.1, 0.15) is 0 Å². The van der Waals surface area contributed by atoms with Crippen molar-refractivity contribution in [2.45, 2.75) is 51.7 Å². The van der Waals surface area contributed by atoms with Crippen molar-refractivity contribution >= 4 is 9.84 Å². The van der Waals surface area contributed by atoms with E-state index in [0.29, 0.717) is 29.5 Å². The molecule has 0 aromatic heterocycles. The monoisotopic (exact) mass is 274 g/mol. The fraction of sp³-hybridized carbons (Fsp3) is 1.00. The minimum absolute atomic E-state index is 0.252. The van der Waals surface area contributed by atoms with Crippen molar-refractivity contribution in [3.8, 4) is 0 Å². The highest BCUT2D eigenvalue weighted by molar-refractivity contribution is 7.91. The van der Waals surface area contributed by atoms with Crippen molar-refractivity contribution < 1.29 is 8.42 Å². The SMILES string of the molecule is CC(C)CC1CN(C2CCS(=O)(=O)C2)C(C)CN1. The van der Waals surface area contributed by atoms with E-state index in [0.717, 1.165) is 19.5 Å². The van der Waals surface area contributed by atoms with Crippen LogP contribution in [0.1, 0.15) is 33.6 Å². The lowest BCUT2D eigenvalue weighted by molar-refractivity contribution is 0.0952. The number of hydrogen-bond donors (Lipinski definition) is 1. The standard InChI is InChI=1S/C13H26N2O2S/c1-10(2)6-12-8-15(11(3)7-14-12)13-4-5-18(16,17)9-13/h10-14H,4-9H2,1-3H3. The summed E-state index contributed by atoms with van der Waals surface area (Å²) < 4.78 is 23.2. The molecule has 3 atom stereocenters. The Morgan fingerprint density at radius 1 is 1.39 bits per heavy atom. The Balaban J connectivity index is 1.98. The lowest BCUT2D eigenvalue weighted by Crippen LogP contribution is -2.59. The Bertz CT molecular complexity index is 380. The van der Waals surface area contributed by atoms with Crippen LogP contribution in [0.3, 0.4) is 0 Å². The summed E-state index contributed by atoms with van der Waals surface area (Å²) in [6, 6.07) is 1.22. The lowest BCUT2D eigenvalue weighted by atomic mass is 9.98. The summed E-state index contributed by atoms with van der Waals surface area (Å²) in [5, 5.41) is 3.58. The van der Waals surface area contributed by atoms with Gasteiger partial charge in [-0.25, -0.2) is 8.42 Å². The number of nitrogens with zero attached hydrogens (tertiary/aromatic N) is 1. The second kappa shape index (κ2) is 5.47. The zero-order chi connectivity index (χ0) is 13.3. The van der Waals surface area contributed by atoms with Crippen molar-refractivity contribution in [3.63, 3.8) is 0 Å². The molecule has 2 saturated heterocycles. The molecule has 2 aliphatic heterocycles. The second-order valence-corrected chi connectivity index (χ2v) is 8.57. The average molecular weight is 274 g/mol. The smallest absolute Gasteiger partial charge is 0.151 e. The first kappa shape index (κ1) is 14.3. The van der Waals surface area contributed by atoms with Crippen molar-refractivity contribution in [2.24, 2.45) is 5.92 Å². The number of piperazine rings is 1. The third kappa shape index (κ3) is 3.45. The van der Waals surface area contributed by atoms with Crippen LogP contribution in [0.25, 0.3) is 0 Å². The molecule has 0 radical (unpaired) electrons. The third-order valence-electron chi connectivity index (χ3n) is 4.13. The van der Waals surface area contributed by atoms with Gasteiger partial charge in [-0.15, -0.1) is 0 Å². The summed E-state index contributed by atoms with van der Waals surface area (Å²) in [7, 11) is -2.77. The molecule has 0 bridgehead atoms. The number of hydrogen-bond acceptors (Lipinski definition) is 4. The Morgan fingerprint density at radius 2 is 2.11 bits per heavy atom. The van der Waals surface area contributed by atoms with E-state index < -0.39 is 9.84 Å². The first-order valence-corrected chi connectivity index (χ1v) is 8.89. The molecule has 0 spiro atoms. The van der Waals surface area contributed by atoms with E-state index in [1.54, 1.807) is 0 Å². The van der Waals surface area contributed by atoms with Crippen molar-refractivity contribution in [2.75, 3.05) is 24.6 Å². The van der Waals surface area contributed by atoms with E-state index >= 15 is 0 Å². The van der Waals surface area contributed by atoms with E-state index in [1.165, 1.54) is 6.42 Å². The van der Waals surface area contributed by atoms with Crippen LogP contribution in [0.4, 0.5) is 0 Å². The summed E-state index contributed by atoms with van der Waals surface area (Å²) in [4.78, 5) is 2.42. The summed E-state index contributed by atoms with van der Waals surface area (Å²) in [6.07, 6.45) is 1.99. The van der Waals surface area contributed by atoms with E-state index in [1.807, 2.05) is 0 Å². The number of rotatable bonds is 3. The fourth-order valence-corrected chi connectivity index (χ4v) is 4.97. The van der Waals surface area contributed by atoms with E-state index in [9.17, 15) is 8.42 Å². The maximum atomic E-state index is 11.6. The predicted octanol–water partition coefficient (Wildman–Crippen LogP) is 0.882. The van der Waals surface area contributed by atoms with Gasteiger partial charge in [0.05, 0.1) is 11.5 Å². The van der Waals surface area contributed by atoms with Gasteiger partial charge in [-0.3, -0.25) is 4.90 Å². The molecule has 2 heterocycles. The summed E-state index contributed by atoms with van der Waals surface area (Å²) in [6.45, 7) is 8.66. The molecule has 5 heteroatoms. The Hall–Kier alpha value is -0.130. The first-order chi connectivity index (χ1) is 8.37. The maximum Gasteiger partial charge on any atom is 0.151 e. The molecule has 106 valence electrons. The summed E-state index contributed by atoms with van der Waals surface area (Å²) >= 11 is 0. The molecule has 4 nitrogen and oxygen atoms in total. The Labute approximate surface area is 111 Å². The largest absolute Gasteiger partial charge is 0.311 e. The molecule has 2 aliphatic rings. The van der Waals surface area contributed by atoms with Crippen molar-refractivity contribution in [1.82, 2.24) is 10.2 Å². The molecular weight excluding hydrogens is 248 g/mol. The van der Waals surface area contributed by atoms with Crippen LogP contribution >= 0.6 is 0 Å². The van der Waals surface area contributed by atoms with Crippen LogP contribution in [0.5, 0.6) is 0 Å². The van der Waals surface area contributed by atoms with Gasteiger partial charge in [-0.2, -0.15) is 0 Å². The molecule has 18 heavy (non-hydrogen) atoms. The topological polar surface area (TPSA) is 49.4 Å².